The summed E-state index contributed by atoms with van der Waals surface area (Å²) in [5.74, 6) is -0.763. The number of hydrogen-bond donors (Lipinski definition) is 1. The van der Waals surface area contributed by atoms with E-state index in [1.54, 1.807) is 13.8 Å². The van der Waals surface area contributed by atoms with Crippen molar-refractivity contribution in [2.45, 2.75) is 31.3 Å². The van der Waals surface area contributed by atoms with Gasteiger partial charge in [-0.25, -0.2) is 12.8 Å². The van der Waals surface area contributed by atoms with E-state index in [4.69, 9.17) is 5.73 Å². The van der Waals surface area contributed by atoms with Crippen LogP contribution in [0.1, 0.15) is 19.4 Å². The predicted octanol–water partition coefficient (Wildman–Crippen LogP) is 1.31. The summed E-state index contributed by atoms with van der Waals surface area (Å²) in [4.78, 5) is -0.314. The highest BCUT2D eigenvalue weighted by atomic mass is 32.2. The molecule has 0 aliphatic carbocycles. The quantitative estimate of drug-likeness (QED) is 0.888. The SMILES string of the molecule is CC(C)N(C)S(=O)(=O)c1ccc(CN)cc1F. The largest absolute Gasteiger partial charge is 0.326 e. The van der Waals surface area contributed by atoms with Crippen LogP contribution in [0.2, 0.25) is 0 Å². The molecule has 1 rings (SSSR count). The first-order valence-corrected chi connectivity index (χ1v) is 6.71. The van der Waals surface area contributed by atoms with Crippen molar-refractivity contribution >= 4 is 10.0 Å². The second kappa shape index (κ2) is 5.12. The number of benzene rings is 1. The van der Waals surface area contributed by atoms with Crippen molar-refractivity contribution in [1.29, 1.82) is 0 Å². The molecule has 2 N–H and O–H groups in total. The molecule has 0 aliphatic rings. The van der Waals surface area contributed by atoms with Gasteiger partial charge in [0.2, 0.25) is 10.0 Å². The zero-order chi connectivity index (χ0) is 13.2. The third-order valence-electron chi connectivity index (χ3n) is 2.62. The predicted molar refractivity (Wildman–Crippen MR) is 64.4 cm³/mol. The van der Waals surface area contributed by atoms with Crippen LogP contribution in [0.4, 0.5) is 4.39 Å². The standard InChI is InChI=1S/C11H17FN2O2S/c1-8(2)14(3)17(15,16)11-5-4-9(7-13)6-10(11)12/h4-6,8H,7,13H2,1-3H3. The molecule has 0 unspecified atom stereocenters. The van der Waals surface area contributed by atoms with Gasteiger partial charge in [-0.1, -0.05) is 6.07 Å². The van der Waals surface area contributed by atoms with Crippen molar-refractivity contribution in [1.82, 2.24) is 4.31 Å². The Hall–Kier alpha value is -0.980. The first-order chi connectivity index (χ1) is 7.80. The van der Waals surface area contributed by atoms with Gasteiger partial charge in [-0.05, 0) is 31.5 Å². The van der Waals surface area contributed by atoms with Crippen LogP contribution in [-0.4, -0.2) is 25.8 Å². The van der Waals surface area contributed by atoms with E-state index in [2.05, 4.69) is 0 Å². The van der Waals surface area contributed by atoms with E-state index in [1.165, 1.54) is 19.2 Å². The van der Waals surface area contributed by atoms with E-state index in [9.17, 15) is 12.8 Å². The van der Waals surface area contributed by atoms with E-state index in [0.29, 0.717) is 5.56 Å². The Bertz CT molecular complexity index is 500. The third kappa shape index (κ3) is 2.83. The molecule has 0 saturated carbocycles. The zero-order valence-electron chi connectivity index (χ0n) is 10.1. The van der Waals surface area contributed by atoms with Crippen LogP contribution in [0.25, 0.3) is 0 Å². The van der Waals surface area contributed by atoms with Gasteiger partial charge in [0.25, 0.3) is 0 Å². The maximum atomic E-state index is 13.7. The molecule has 0 atom stereocenters. The van der Waals surface area contributed by atoms with Gasteiger partial charge in [0.1, 0.15) is 10.7 Å². The number of rotatable bonds is 4. The molecule has 0 saturated heterocycles. The lowest BCUT2D eigenvalue weighted by atomic mass is 10.2. The van der Waals surface area contributed by atoms with Crippen LogP contribution in [-0.2, 0) is 16.6 Å². The smallest absolute Gasteiger partial charge is 0.245 e. The Morgan fingerprint density at radius 3 is 2.41 bits per heavy atom. The maximum absolute atomic E-state index is 13.7. The second-order valence-corrected chi connectivity index (χ2v) is 6.05. The Kier molecular flexibility index (Phi) is 4.24. The molecular weight excluding hydrogens is 243 g/mol. The molecule has 0 radical (unpaired) electrons. The number of hydrogen-bond acceptors (Lipinski definition) is 3. The molecule has 0 aliphatic heterocycles. The second-order valence-electron chi connectivity index (χ2n) is 4.08. The van der Waals surface area contributed by atoms with Crippen molar-refractivity contribution in [3.8, 4) is 0 Å². The highest BCUT2D eigenvalue weighted by Gasteiger charge is 2.26. The van der Waals surface area contributed by atoms with E-state index < -0.39 is 15.8 Å². The van der Waals surface area contributed by atoms with Crippen LogP contribution < -0.4 is 5.73 Å². The molecule has 0 heterocycles. The minimum Gasteiger partial charge on any atom is -0.326 e. The maximum Gasteiger partial charge on any atom is 0.245 e. The van der Waals surface area contributed by atoms with Gasteiger partial charge in [0, 0.05) is 19.6 Å². The van der Waals surface area contributed by atoms with Crippen molar-refractivity contribution in [3.05, 3.63) is 29.6 Å². The summed E-state index contributed by atoms with van der Waals surface area (Å²) in [6, 6.07) is 3.70. The molecule has 1 aromatic rings. The van der Waals surface area contributed by atoms with Gasteiger partial charge >= 0.3 is 0 Å². The first-order valence-electron chi connectivity index (χ1n) is 5.27. The van der Waals surface area contributed by atoms with E-state index in [0.717, 1.165) is 10.4 Å². The molecule has 4 nitrogen and oxygen atoms in total. The molecule has 96 valence electrons. The lowest BCUT2D eigenvalue weighted by molar-refractivity contribution is 0.407. The zero-order valence-corrected chi connectivity index (χ0v) is 11.0. The van der Waals surface area contributed by atoms with Gasteiger partial charge < -0.3 is 5.73 Å². The molecule has 0 aromatic heterocycles. The van der Waals surface area contributed by atoms with E-state index in [1.807, 2.05) is 0 Å². The fraction of sp³-hybridized carbons (Fsp3) is 0.455. The van der Waals surface area contributed by atoms with Crippen molar-refractivity contribution < 1.29 is 12.8 Å². The van der Waals surface area contributed by atoms with Crippen molar-refractivity contribution in [2.24, 2.45) is 5.73 Å². The Labute approximate surface area is 101 Å². The average molecular weight is 260 g/mol. The third-order valence-corrected chi connectivity index (χ3v) is 4.68. The minimum absolute atomic E-state index is 0.178. The first kappa shape index (κ1) is 14.1. The molecule has 1 aromatic carbocycles. The number of nitrogens with two attached hydrogens (primary N) is 1. The summed E-state index contributed by atoms with van der Waals surface area (Å²) >= 11 is 0. The molecule has 0 amide bonds. The number of halogens is 1. The summed E-state index contributed by atoms with van der Waals surface area (Å²) in [6.45, 7) is 3.63. The topological polar surface area (TPSA) is 63.4 Å². The van der Waals surface area contributed by atoms with Gasteiger partial charge in [-0.3, -0.25) is 0 Å². The Morgan fingerprint density at radius 2 is 2.00 bits per heavy atom. The molecular formula is C11H17FN2O2S. The molecule has 17 heavy (non-hydrogen) atoms. The van der Waals surface area contributed by atoms with E-state index >= 15 is 0 Å². The van der Waals surface area contributed by atoms with Crippen LogP contribution >= 0.6 is 0 Å². The van der Waals surface area contributed by atoms with Crippen LogP contribution in [0.15, 0.2) is 23.1 Å². The summed E-state index contributed by atoms with van der Waals surface area (Å²) < 4.78 is 38.9. The molecule has 0 spiro atoms. The summed E-state index contributed by atoms with van der Waals surface area (Å²) in [7, 11) is -2.35. The monoisotopic (exact) mass is 260 g/mol. The Balaban J connectivity index is 3.25. The fourth-order valence-electron chi connectivity index (χ4n) is 1.31. The fourth-order valence-corrected chi connectivity index (χ4v) is 2.72. The van der Waals surface area contributed by atoms with Gasteiger partial charge in [-0.2, -0.15) is 4.31 Å². The van der Waals surface area contributed by atoms with Crippen molar-refractivity contribution in [3.63, 3.8) is 0 Å². The van der Waals surface area contributed by atoms with Gasteiger partial charge in [0.15, 0.2) is 0 Å². The lowest BCUT2D eigenvalue weighted by Crippen LogP contribution is -2.33. The minimum atomic E-state index is -3.78. The highest BCUT2D eigenvalue weighted by Crippen LogP contribution is 2.20. The summed E-state index contributed by atoms with van der Waals surface area (Å²) in [5.41, 5.74) is 5.92. The van der Waals surface area contributed by atoms with Crippen LogP contribution in [0.3, 0.4) is 0 Å². The average Bonchev–Trinajstić information content (AvgIpc) is 2.27. The number of sulfonamides is 1. The lowest BCUT2D eigenvalue weighted by Gasteiger charge is -2.21. The molecule has 0 fully saturated rings. The van der Waals surface area contributed by atoms with Gasteiger partial charge in [0.05, 0.1) is 0 Å². The Morgan fingerprint density at radius 1 is 1.41 bits per heavy atom. The van der Waals surface area contributed by atoms with E-state index in [-0.39, 0.29) is 17.5 Å². The number of nitrogens with zero attached hydrogens (tertiary/aromatic N) is 1. The highest BCUT2D eigenvalue weighted by molar-refractivity contribution is 7.89. The van der Waals surface area contributed by atoms with Crippen molar-refractivity contribution in [2.75, 3.05) is 7.05 Å². The molecule has 6 heteroatoms. The van der Waals surface area contributed by atoms with Gasteiger partial charge in [-0.15, -0.1) is 0 Å². The summed E-state index contributed by atoms with van der Waals surface area (Å²) in [5, 5.41) is 0. The van der Waals surface area contributed by atoms with Crippen LogP contribution in [0.5, 0.6) is 0 Å². The van der Waals surface area contributed by atoms with Crippen LogP contribution in [0, 0.1) is 5.82 Å². The normalized spacial score (nSPS) is 12.4. The molecule has 0 bridgehead atoms. The summed E-state index contributed by atoms with van der Waals surface area (Å²) in [6.07, 6.45) is 0.